The molecule has 2 rings (SSSR count). The average Bonchev–Trinajstić information content (AvgIpc) is 2.49. The Bertz CT molecular complexity index is 905. The Kier molecular flexibility index (Phi) is 5.52. The first-order chi connectivity index (χ1) is 11.6. The summed E-state index contributed by atoms with van der Waals surface area (Å²) in [6, 6.07) is 10.5. The van der Waals surface area contributed by atoms with Gasteiger partial charge in [-0.2, -0.15) is 0 Å². The van der Waals surface area contributed by atoms with E-state index in [0.29, 0.717) is 11.3 Å². The lowest BCUT2D eigenvalue weighted by Crippen LogP contribution is -2.27. The minimum Gasteiger partial charge on any atom is -0.346 e. The van der Waals surface area contributed by atoms with Gasteiger partial charge in [0.05, 0.1) is 12.3 Å². The molecular formula is C19H24N2O3S. The van der Waals surface area contributed by atoms with Crippen LogP contribution in [0.5, 0.6) is 0 Å². The zero-order valence-electron chi connectivity index (χ0n) is 15.2. The van der Waals surface area contributed by atoms with Gasteiger partial charge in [0.1, 0.15) is 0 Å². The maximum Gasteiger partial charge on any atom is 0.251 e. The van der Waals surface area contributed by atoms with Gasteiger partial charge in [0.15, 0.2) is 0 Å². The second kappa shape index (κ2) is 7.27. The highest BCUT2D eigenvalue weighted by molar-refractivity contribution is 7.92. The number of carbonyl (C=O) groups excluding carboxylic acids is 1. The van der Waals surface area contributed by atoms with Crippen LogP contribution in [-0.4, -0.2) is 20.6 Å². The number of aryl methyl sites for hydroxylation is 3. The largest absolute Gasteiger partial charge is 0.346 e. The predicted molar refractivity (Wildman–Crippen MR) is 101 cm³/mol. The smallest absolute Gasteiger partial charge is 0.251 e. The lowest BCUT2D eigenvalue weighted by Gasteiger charge is -2.18. The van der Waals surface area contributed by atoms with Gasteiger partial charge in [0.2, 0.25) is 10.0 Å². The van der Waals surface area contributed by atoms with Crippen molar-refractivity contribution in [2.45, 2.75) is 33.7 Å². The molecule has 25 heavy (non-hydrogen) atoms. The molecule has 0 aliphatic carbocycles. The van der Waals surface area contributed by atoms with Gasteiger partial charge >= 0.3 is 0 Å². The number of carbonyl (C=O) groups is 1. The third-order valence-electron chi connectivity index (χ3n) is 4.12. The van der Waals surface area contributed by atoms with E-state index >= 15 is 0 Å². The average molecular weight is 360 g/mol. The molecule has 134 valence electrons. The molecule has 0 bridgehead atoms. The topological polar surface area (TPSA) is 75.3 Å². The molecule has 0 saturated heterocycles. The Morgan fingerprint density at radius 3 is 2.28 bits per heavy atom. The van der Waals surface area contributed by atoms with Gasteiger partial charge in [-0.05, 0) is 68.1 Å². The van der Waals surface area contributed by atoms with Crippen molar-refractivity contribution in [1.29, 1.82) is 0 Å². The fourth-order valence-electron chi connectivity index (χ4n) is 2.75. The van der Waals surface area contributed by atoms with Gasteiger partial charge in [0, 0.05) is 11.3 Å². The summed E-state index contributed by atoms with van der Waals surface area (Å²) in [7, 11) is -3.38. The first-order valence-electron chi connectivity index (χ1n) is 8.03. The van der Waals surface area contributed by atoms with Crippen LogP contribution in [-0.2, 0) is 10.0 Å². The minimum absolute atomic E-state index is 0.154. The van der Waals surface area contributed by atoms with E-state index in [2.05, 4.69) is 29.1 Å². The molecule has 5 nitrogen and oxygen atoms in total. The highest BCUT2D eigenvalue weighted by atomic mass is 32.2. The Hall–Kier alpha value is -2.34. The highest BCUT2D eigenvalue weighted by Crippen LogP contribution is 2.22. The maximum atomic E-state index is 12.5. The van der Waals surface area contributed by atoms with Crippen molar-refractivity contribution in [3.63, 3.8) is 0 Å². The summed E-state index contributed by atoms with van der Waals surface area (Å²) >= 11 is 0. The first kappa shape index (κ1) is 19.0. The molecule has 1 amide bonds. The summed E-state index contributed by atoms with van der Waals surface area (Å²) in [5.74, 6) is -0.248. The van der Waals surface area contributed by atoms with Gasteiger partial charge in [-0.15, -0.1) is 0 Å². The van der Waals surface area contributed by atoms with E-state index in [-0.39, 0.29) is 11.9 Å². The number of nitrogens with one attached hydrogen (secondary N) is 2. The summed E-state index contributed by atoms with van der Waals surface area (Å²) in [6.07, 6.45) is 1.07. The van der Waals surface area contributed by atoms with Crippen LogP contribution in [0.3, 0.4) is 0 Å². The van der Waals surface area contributed by atoms with Crippen molar-refractivity contribution >= 4 is 21.6 Å². The number of sulfonamides is 1. The van der Waals surface area contributed by atoms with Gasteiger partial charge in [-0.25, -0.2) is 8.42 Å². The van der Waals surface area contributed by atoms with Crippen LogP contribution < -0.4 is 10.0 Å². The van der Waals surface area contributed by atoms with Crippen LogP contribution in [0.25, 0.3) is 0 Å². The predicted octanol–water partition coefficient (Wildman–Crippen LogP) is 3.47. The zero-order chi connectivity index (χ0) is 18.8. The van der Waals surface area contributed by atoms with Gasteiger partial charge in [0.25, 0.3) is 5.91 Å². The Morgan fingerprint density at radius 2 is 1.64 bits per heavy atom. The van der Waals surface area contributed by atoms with Gasteiger partial charge < -0.3 is 5.32 Å². The Morgan fingerprint density at radius 1 is 1.00 bits per heavy atom. The van der Waals surface area contributed by atoms with E-state index < -0.39 is 10.0 Å². The molecular weight excluding hydrogens is 336 g/mol. The van der Waals surface area contributed by atoms with E-state index in [1.165, 1.54) is 17.2 Å². The zero-order valence-corrected chi connectivity index (χ0v) is 16.0. The van der Waals surface area contributed by atoms with Crippen molar-refractivity contribution in [3.05, 3.63) is 64.2 Å². The van der Waals surface area contributed by atoms with Crippen molar-refractivity contribution in [2.24, 2.45) is 0 Å². The molecule has 0 fully saturated rings. The van der Waals surface area contributed by atoms with Crippen molar-refractivity contribution in [2.75, 3.05) is 11.0 Å². The van der Waals surface area contributed by atoms with Crippen molar-refractivity contribution < 1.29 is 13.2 Å². The number of anilines is 1. The Labute approximate surface area is 149 Å². The number of rotatable bonds is 5. The van der Waals surface area contributed by atoms with Crippen LogP contribution in [0.4, 0.5) is 5.69 Å². The first-order valence-corrected chi connectivity index (χ1v) is 9.92. The highest BCUT2D eigenvalue weighted by Gasteiger charge is 2.15. The molecule has 0 unspecified atom stereocenters. The van der Waals surface area contributed by atoms with E-state index in [0.717, 1.165) is 17.4 Å². The van der Waals surface area contributed by atoms with Crippen LogP contribution in [0.2, 0.25) is 0 Å². The maximum absolute atomic E-state index is 12.5. The molecule has 1 atom stereocenters. The molecule has 0 aliphatic heterocycles. The van der Waals surface area contributed by atoms with Crippen LogP contribution >= 0.6 is 0 Å². The molecule has 2 aromatic carbocycles. The fraction of sp³-hybridized carbons (Fsp3) is 0.316. The summed E-state index contributed by atoms with van der Waals surface area (Å²) < 4.78 is 25.0. The molecule has 0 heterocycles. The van der Waals surface area contributed by atoms with Gasteiger partial charge in [-0.1, -0.05) is 18.2 Å². The molecule has 0 radical (unpaired) electrons. The lowest BCUT2D eigenvalue weighted by molar-refractivity contribution is 0.0940. The number of hydrogen-bond donors (Lipinski definition) is 2. The standard InChI is InChI=1S/C19H24N2O3S/c1-12-9-14(3)18(10-13(12)2)15(4)20-19(22)16-7-6-8-17(11-16)21-25(5,23)24/h6-11,15,21H,1-5H3,(H,20,22)/t15-/m0/s1. The SMILES string of the molecule is Cc1cc(C)c([C@H](C)NC(=O)c2cccc(NS(C)(=O)=O)c2)cc1C. The van der Waals surface area contributed by atoms with Crippen molar-refractivity contribution in [1.82, 2.24) is 5.32 Å². The molecule has 2 N–H and O–H groups in total. The fourth-order valence-corrected chi connectivity index (χ4v) is 3.30. The number of benzene rings is 2. The molecule has 0 aliphatic rings. The van der Waals surface area contributed by atoms with Crippen molar-refractivity contribution in [3.8, 4) is 0 Å². The molecule has 2 aromatic rings. The molecule has 0 spiro atoms. The summed E-state index contributed by atoms with van der Waals surface area (Å²) in [5, 5.41) is 2.97. The molecule has 0 saturated carbocycles. The van der Waals surface area contributed by atoms with E-state index in [1.807, 2.05) is 20.8 Å². The van der Waals surface area contributed by atoms with Crippen LogP contribution in [0.1, 0.15) is 45.6 Å². The molecule has 0 aromatic heterocycles. The van der Waals surface area contributed by atoms with Gasteiger partial charge in [-0.3, -0.25) is 9.52 Å². The van der Waals surface area contributed by atoms with Crippen LogP contribution in [0, 0.1) is 20.8 Å². The van der Waals surface area contributed by atoms with E-state index in [4.69, 9.17) is 0 Å². The summed E-state index contributed by atoms with van der Waals surface area (Å²) in [5.41, 5.74) is 5.37. The quantitative estimate of drug-likeness (QED) is 0.857. The number of amides is 1. The molecule has 6 heteroatoms. The summed E-state index contributed by atoms with van der Waals surface area (Å²) in [6.45, 7) is 8.08. The second-order valence-corrected chi connectivity index (χ2v) is 8.19. The number of hydrogen-bond acceptors (Lipinski definition) is 3. The third-order valence-corrected chi connectivity index (χ3v) is 4.73. The van der Waals surface area contributed by atoms with E-state index in [1.54, 1.807) is 18.2 Å². The normalized spacial score (nSPS) is 12.5. The third kappa shape index (κ3) is 5.06. The summed E-state index contributed by atoms with van der Waals surface area (Å²) in [4.78, 5) is 12.5. The lowest BCUT2D eigenvalue weighted by atomic mass is 9.96. The van der Waals surface area contributed by atoms with Crippen LogP contribution in [0.15, 0.2) is 36.4 Å². The minimum atomic E-state index is -3.38. The van der Waals surface area contributed by atoms with E-state index in [9.17, 15) is 13.2 Å². The Balaban J connectivity index is 2.19. The monoisotopic (exact) mass is 360 g/mol. The second-order valence-electron chi connectivity index (χ2n) is 6.44.